The number of nitrogens with one attached hydrogen (secondary N) is 2. The van der Waals surface area contributed by atoms with Gasteiger partial charge in [0.25, 0.3) is 0 Å². The summed E-state index contributed by atoms with van der Waals surface area (Å²) >= 11 is 1.71. The highest BCUT2D eigenvalue weighted by atomic mass is 32.1. The van der Waals surface area contributed by atoms with Crippen LogP contribution in [0.5, 0.6) is 11.5 Å². The van der Waals surface area contributed by atoms with Gasteiger partial charge in [-0.3, -0.25) is 0 Å². The van der Waals surface area contributed by atoms with E-state index in [1.165, 1.54) is 4.88 Å². The van der Waals surface area contributed by atoms with Gasteiger partial charge in [0.15, 0.2) is 17.5 Å². The predicted octanol–water partition coefficient (Wildman–Crippen LogP) is 4.00. The van der Waals surface area contributed by atoms with E-state index in [2.05, 4.69) is 27.5 Å². The van der Waals surface area contributed by atoms with Crippen molar-refractivity contribution in [3.8, 4) is 11.5 Å². The van der Waals surface area contributed by atoms with Crippen LogP contribution in [0, 0.1) is 0 Å². The largest absolute Gasteiger partial charge is 0.490 e. The van der Waals surface area contributed by atoms with Gasteiger partial charge in [-0.25, -0.2) is 9.98 Å². The lowest BCUT2D eigenvalue weighted by Gasteiger charge is -2.15. The molecular weight excluding hydrogens is 398 g/mol. The van der Waals surface area contributed by atoms with Crippen LogP contribution in [-0.4, -0.2) is 37.3 Å². The molecule has 0 spiro atoms. The molecule has 0 aliphatic rings. The molecule has 9 heteroatoms. The first kappa shape index (κ1) is 22.9. The van der Waals surface area contributed by atoms with E-state index in [9.17, 15) is 8.78 Å². The Kier molecular flexibility index (Phi) is 9.63. The Labute approximate surface area is 174 Å². The van der Waals surface area contributed by atoms with Crippen LogP contribution < -0.4 is 20.1 Å². The molecule has 2 aromatic rings. The monoisotopic (exact) mass is 426 g/mol. The lowest BCUT2D eigenvalue weighted by atomic mass is 10.2. The van der Waals surface area contributed by atoms with Crippen molar-refractivity contribution in [3.63, 3.8) is 0 Å². The van der Waals surface area contributed by atoms with Crippen LogP contribution in [-0.2, 0) is 19.4 Å². The minimum absolute atomic E-state index is 0.0267. The maximum absolute atomic E-state index is 12.9. The Bertz CT molecular complexity index is 784. The van der Waals surface area contributed by atoms with E-state index in [-0.39, 0.29) is 18.0 Å². The summed E-state index contributed by atoms with van der Waals surface area (Å²) in [4.78, 5) is 10.2. The minimum atomic E-state index is -2.93. The number of guanidine groups is 1. The number of benzene rings is 1. The molecule has 1 aromatic heterocycles. The van der Waals surface area contributed by atoms with Gasteiger partial charge in [0, 0.05) is 36.1 Å². The summed E-state index contributed by atoms with van der Waals surface area (Å²) in [5.74, 6) is 0.914. The van der Waals surface area contributed by atoms with E-state index in [1.54, 1.807) is 36.5 Å². The number of hydrogen-bond acceptors (Lipinski definition) is 5. The van der Waals surface area contributed by atoms with E-state index >= 15 is 0 Å². The van der Waals surface area contributed by atoms with E-state index in [1.807, 2.05) is 13.1 Å². The highest BCUT2D eigenvalue weighted by Gasteiger charge is 2.15. The topological polar surface area (TPSA) is 67.8 Å². The molecule has 0 aliphatic carbocycles. The van der Waals surface area contributed by atoms with Crippen molar-refractivity contribution in [1.82, 2.24) is 15.6 Å². The molecule has 0 fully saturated rings. The molecule has 0 saturated heterocycles. The van der Waals surface area contributed by atoms with Gasteiger partial charge < -0.3 is 20.1 Å². The Morgan fingerprint density at radius 2 is 2.07 bits per heavy atom. The van der Waals surface area contributed by atoms with E-state index in [0.717, 1.165) is 17.8 Å². The highest BCUT2D eigenvalue weighted by Crippen LogP contribution is 2.33. The number of aryl methyl sites for hydroxylation is 1. The second kappa shape index (κ2) is 12.2. The molecule has 1 heterocycles. The fraction of sp³-hybridized carbons (Fsp3) is 0.500. The predicted molar refractivity (Wildman–Crippen MR) is 112 cm³/mol. The van der Waals surface area contributed by atoms with E-state index in [4.69, 9.17) is 9.47 Å². The molecule has 2 N–H and O–H groups in total. The molecule has 6 nitrogen and oxygen atoms in total. The van der Waals surface area contributed by atoms with Crippen molar-refractivity contribution in [2.24, 2.45) is 4.99 Å². The average molecular weight is 427 g/mol. The second-order valence-corrected chi connectivity index (χ2v) is 7.20. The first-order valence-corrected chi connectivity index (χ1v) is 10.5. The number of nitrogens with zero attached hydrogens (tertiary/aromatic N) is 2. The highest BCUT2D eigenvalue weighted by molar-refractivity contribution is 7.11. The molecule has 0 bridgehead atoms. The number of halogens is 2. The van der Waals surface area contributed by atoms with Crippen LogP contribution in [0.15, 0.2) is 29.4 Å². The molecule has 2 rings (SSSR count). The zero-order valence-corrected chi connectivity index (χ0v) is 17.8. The van der Waals surface area contributed by atoms with Crippen LogP contribution in [0.4, 0.5) is 8.78 Å². The van der Waals surface area contributed by atoms with Crippen molar-refractivity contribution in [2.75, 3.05) is 19.7 Å². The third-order valence-electron chi connectivity index (χ3n) is 3.90. The summed E-state index contributed by atoms with van der Waals surface area (Å²) in [5.41, 5.74) is 0.529. The Morgan fingerprint density at radius 1 is 1.24 bits per heavy atom. The molecule has 29 heavy (non-hydrogen) atoms. The van der Waals surface area contributed by atoms with Crippen molar-refractivity contribution in [2.45, 2.75) is 46.8 Å². The van der Waals surface area contributed by atoms with Crippen LogP contribution in [0.1, 0.15) is 36.2 Å². The van der Waals surface area contributed by atoms with Crippen LogP contribution in [0.2, 0.25) is 0 Å². The standard InChI is InChI=1S/C20H28F2N4O2S/c1-4-15-13-25-17(29-15)10-11-24-20(23-5-2)26-12-14-8-7-9-16(27-6-3)18(14)28-19(21)22/h7-9,13,19H,4-6,10-12H2,1-3H3,(H2,23,24,26). The van der Waals surface area contributed by atoms with Gasteiger partial charge in [-0.1, -0.05) is 19.1 Å². The molecule has 0 unspecified atom stereocenters. The summed E-state index contributed by atoms with van der Waals surface area (Å²) in [5, 5.41) is 7.48. The number of aliphatic imine (C=N–C) groups is 1. The smallest absolute Gasteiger partial charge is 0.387 e. The Morgan fingerprint density at radius 3 is 2.72 bits per heavy atom. The molecule has 1 aromatic carbocycles. The minimum Gasteiger partial charge on any atom is -0.490 e. The third-order valence-corrected chi connectivity index (χ3v) is 5.10. The number of thiazole rings is 1. The summed E-state index contributed by atoms with van der Waals surface area (Å²) in [6.07, 6.45) is 3.68. The van der Waals surface area contributed by atoms with Crippen LogP contribution >= 0.6 is 11.3 Å². The van der Waals surface area contributed by atoms with Gasteiger partial charge in [-0.2, -0.15) is 8.78 Å². The lowest BCUT2D eigenvalue weighted by Crippen LogP contribution is -2.38. The maximum atomic E-state index is 12.9. The number of rotatable bonds is 11. The fourth-order valence-electron chi connectivity index (χ4n) is 2.60. The number of ether oxygens (including phenoxy) is 2. The fourth-order valence-corrected chi connectivity index (χ4v) is 3.46. The maximum Gasteiger partial charge on any atom is 0.387 e. The molecule has 0 radical (unpaired) electrons. The van der Waals surface area contributed by atoms with E-state index in [0.29, 0.717) is 31.2 Å². The van der Waals surface area contributed by atoms with Gasteiger partial charge in [0.2, 0.25) is 0 Å². The first-order valence-electron chi connectivity index (χ1n) is 9.72. The van der Waals surface area contributed by atoms with E-state index < -0.39 is 6.61 Å². The molecule has 160 valence electrons. The molecule has 0 amide bonds. The molecule has 0 atom stereocenters. The average Bonchev–Trinajstić information content (AvgIpc) is 3.16. The Balaban J connectivity index is 2.05. The van der Waals surface area contributed by atoms with Gasteiger partial charge in [-0.15, -0.1) is 11.3 Å². The number of hydrogen-bond donors (Lipinski definition) is 2. The van der Waals surface area contributed by atoms with Gasteiger partial charge >= 0.3 is 6.61 Å². The molecule has 0 saturated carbocycles. The Hall–Kier alpha value is -2.42. The number of alkyl halides is 2. The zero-order valence-electron chi connectivity index (χ0n) is 17.0. The van der Waals surface area contributed by atoms with Gasteiger partial charge in [0.05, 0.1) is 18.2 Å². The molecular formula is C20H28F2N4O2S. The second-order valence-electron chi connectivity index (χ2n) is 6.00. The zero-order chi connectivity index (χ0) is 21.1. The number of para-hydroxylation sites is 1. The van der Waals surface area contributed by atoms with Crippen molar-refractivity contribution >= 4 is 17.3 Å². The summed E-state index contributed by atoms with van der Waals surface area (Å²) in [6.45, 7) is 4.81. The third kappa shape index (κ3) is 7.49. The van der Waals surface area contributed by atoms with Crippen molar-refractivity contribution < 1.29 is 18.3 Å². The van der Waals surface area contributed by atoms with Crippen molar-refractivity contribution in [3.05, 3.63) is 39.8 Å². The van der Waals surface area contributed by atoms with Crippen LogP contribution in [0.25, 0.3) is 0 Å². The number of aromatic nitrogens is 1. The summed E-state index contributed by atoms with van der Waals surface area (Å²) < 4.78 is 35.8. The lowest BCUT2D eigenvalue weighted by molar-refractivity contribution is -0.0520. The summed E-state index contributed by atoms with van der Waals surface area (Å²) in [6, 6.07) is 5.05. The first-order chi connectivity index (χ1) is 14.1. The normalized spacial score (nSPS) is 11.6. The van der Waals surface area contributed by atoms with Gasteiger partial charge in [0.1, 0.15) is 0 Å². The SMILES string of the molecule is CCNC(=NCc1cccc(OCC)c1OC(F)F)NCCc1ncc(CC)s1. The van der Waals surface area contributed by atoms with Crippen LogP contribution in [0.3, 0.4) is 0 Å². The summed E-state index contributed by atoms with van der Waals surface area (Å²) in [7, 11) is 0. The molecule has 0 aliphatic heterocycles. The van der Waals surface area contributed by atoms with Crippen molar-refractivity contribution in [1.29, 1.82) is 0 Å². The quantitative estimate of drug-likeness (QED) is 0.420. The van der Waals surface area contributed by atoms with Gasteiger partial charge in [-0.05, 0) is 26.3 Å².